The molecule has 0 aliphatic carbocycles. The average Bonchev–Trinajstić information content (AvgIpc) is 2.18. The number of hydrogen-bond acceptors (Lipinski definition) is 2. The Hall–Kier alpha value is -0.0151. The molecule has 86 valence electrons. The number of ether oxygens (including phenoxy) is 1. The molecule has 0 saturated carbocycles. The summed E-state index contributed by atoms with van der Waals surface area (Å²) in [5, 5.41) is 0. The van der Waals surface area contributed by atoms with E-state index >= 15 is 0 Å². The van der Waals surface area contributed by atoms with Gasteiger partial charge >= 0.3 is 0 Å². The minimum Gasteiger partial charge on any atom is -0.385 e. The van der Waals surface area contributed by atoms with Gasteiger partial charge in [0.2, 0.25) is 0 Å². The summed E-state index contributed by atoms with van der Waals surface area (Å²) in [6.07, 6.45) is 4.99. The highest BCUT2D eigenvalue weighted by molar-refractivity contribution is 6.11. The second-order valence-corrected chi connectivity index (χ2v) is 4.85. The van der Waals surface area contributed by atoms with Crippen molar-refractivity contribution in [2.75, 3.05) is 19.7 Å². The van der Waals surface area contributed by atoms with Gasteiger partial charge in [-0.05, 0) is 19.8 Å². The Morgan fingerprint density at radius 3 is 2.40 bits per heavy atom. The van der Waals surface area contributed by atoms with Gasteiger partial charge in [0.05, 0.1) is 6.61 Å². The lowest BCUT2D eigenvalue weighted by atomic mass is 9.86. The van der Waals surface area contributed by atoms with Crippen molar-refractivity contribution in [3.05, 3.63) is 0 Å². The van der Waals surface area contributed by atoms with E-state index in [0.717, 1.165) is 19.7 Å². The molecule has 3 heteroatoms. The zero-order valence-corrected chi connectivity index (χ0v) is 10.5. The third-order valence-corrected chi connectivity index (χ3v) is 3.43. The minimum absolute atomic E-state index is 0.0909. The second-order valence-electron chi connectivity index (χ2n) is 4.85. The first-order valence-electron chi connectivity index (χ1n) is 6.24. The highest BCUT2D eigenvalue weighted by Crippen LogP contribution is 2.28. The molecule has 1 saturated heterocycles. The van der Waals surface area contributed by atoms with Gasteiger partial charge in [0.25, 0.3) is 0 Å². The summed E-state index contributed by atoms with van der Waals surface area (Å²) in [4.78, 5) is 2.52. The van der Waals surface area contributed by atoms with E-state index in [0.29, 0.717) is 5.54 Å². The summed E-state index contributed by atoms with van der Waals surface area (Å²) < 4.78 is 5.40. The van der Waals surface area contributed by atoms with Crippen LogP contribution in [0.5, 0.6) is 0 Å². The van der Waals surface area contributed by atoms with Crippen LogP contribution in [0.4, 0.5) is 0 Å². The Labute approximate surface area is 95.8 Å². The van der Waals surface area contributed by atoms with Gasteiger partial charge in [0, 0.05) is 24.6 Å². The van der Waals surface area contributed by atoms with E-state index in [1.807, 2.05) is 0 Å². The second kappa shape index (κ2) is 5.90. The van der Waals surface area contributed by atoms with Crippen LogP contribution >= 0.6 is 0 Å². The fourth-order valence-corrected chi connectivity index (χ4v) is 2.68. The molecule has 2 radical (unpaired) electrons. The van der Waals surface area contributed by atoms with Crippen molar-refractivity contribution in [3.63, 3.8) is 0 Å². The van der Waals surface area contributed by atoms with E-state index < -0.39 is 0 Å². The summed E-state index contributed by atoms with van der Waals surface area (Å²) in [5.74, 6) is 0. The molecule has 1 heterocycles. The molecule has 1 unspecified atom stereocenters. The molecule has 1 aliphatic rings. The van der Waals surface area contributed by atoms with E-state index in [1.54, 1.807) is 0 Å². The van der Waals surface area contributed by atoms with Crippen molar-refractivity contribution in [2.24, 2.45) is 0 Å². The summed E-state index contributed by atoms with van der Waals surface area (Å²) >= 11 is 0. The van der Waals surface area contributed by atoms with Crippen LogP contribution in [0.25, 0.3) is 0 Å². The van der Waals surface area contributed by atoms with Crippen LogP contribution in [0.1, 0.15) is 46.5 Å². The van der Waals surface area contributed by atoms with E-state index in [-0.39, 0.29) is 6.00 Å². The lowest BCUT2D eigenvalue weighted by Gasteiger charge is -2.45. The van der Waals surface area contributed by atoms with Gasteiger partial charge in [-0.15, -0.1) is 0 Å². The van der Waals surface area contributed by atoms with Crippen molar-refractivity contribution in [1.29, 1.82) is 0 Å². The topological polar surface area (TPSA) is 12.5 Å². The Kier molecular flexibility index (Phi) is 5.14. The Balaban J connectivity index is 2.60. The van der Waals surface area contributed by atoms with Crippen molar-refractivity contribution in [3.8, 4) is 0 Å². The fourth-order valence-electron chi connectivity index (χ4n) is 2.68. The SMILES string of the molecule is [B]C1CN(C(C)(CCC)CCC)CCO1. The highest BCUT2D eigenvalue weighted by Gasteiger charge is 2.32. The first-order chi connectivity index (χ1) is 7.12. The molecule has 1 aliphatic heterocycles. The number of hydrogen-bond donors (Lipinski definition) is 0. The van der Waals surface area contributed by atoms with Crippen molar-refractivity contribution in [1.82, 2.24) is 4.90 Å². The minimum atomic E-state index is -0.0909. The molecule has 1 fully saturated rings. The molecule has 1 atom stereocenters. The van der Waals surface area contributed by atoms with Crippen molar-refractivity contribution in [2.45, 2.75) is 58.0 Å². The van der Waals surface area contributed by atoms with Crippen LogP contribution in [0, 0.1) is 0 Å². The summed E-state index contributed by atoms with van der Waals surface area (Å²) in [6.45, 7) is 9.59. The summed E-state index contributed by atoms with van der Waals surface area (Å²) in [6, 6.07) is -0.0909. The molecule has 1 rings (SSSR count). The van der Waals surface area contributed by atoms with Crippen LogP contribution in [0.3, 0.4) is 0 Å². The van der Waals surface area contributed by atoms with Crippen molar-refractivity contribution >= 4 is 7.85 Å². The molecule has 0 aromatic carbocycles. The van der Waals surface area contributed by atoms with Gasteiger partial charge in [0.1, 0.15) is 7.85 Å². The Bertz CT molecular complexity index is 180. The predicted molar refractivity (Wildman–Crippen MR) is 65.3 cm³/mol. The lowest BCUT2D eigenvalue weighted by Crippen LogP contribution is -2.54. The highest BCUT2D eigenvalue weighted by atomic mass is 16.5. The van der Waals surface area contributed by atoms with Crippen LogP contribution in [-0.2, 0) is 4.74 Å². The van der Waals surface area contributed by atoms with Gasteiger partial charge in [-0.2, -0.15) is 0 Å². The zero-order chi connectivity index (χ0) is 11.3. The van der Waals surface area contributed by atoms with E-state index in [2.05, 4.69) is 25.7 Å². The molecule has 0 aromatic rings. The quantitative estimate of drug-likeness (QED) is 0.643. The van der Waals surface area contributed by atoms with Gasteiger partial charge in [-0.25, -0.2) is 0 Å². The van der Waals surface area contributed by atoms with Crippen LogP contribution < -0.4 is 0 Å². The molecule has 0 amide bonds. The molecule has 0 aromatic heterocycles. The third-order valence-electron chi connectivity index (χ3n) is 3.43. The van der Waals surface area contributed by atoms with Crippen LogP contribution in [0.2, 0.25) is 0 Å². The smallest absolute Gasteiger partial charge is 0.110 e. The average molecular weight is 209 g/mol. The molecular formula is C12H24BNO. The van der Waals surface area contributed by atoms with Gasteiger partial charge < -0.3 is 4.74 Å². The first-order valence-corrected chi connectivity index (χ1v) is 6.24. The first kappa shape index (κ1) is 13.1. The summed E-state index contributed by atoms with van der Waals surface area (Å²) in [5.41, 5.74) is 0.324. The molecule has 15 heavy (non-hydrogen) atoms. The molecule has 0 spiro atoms. The standard InChI is InChI=1S/C12H24BNO/c1-4-6-12(3,7-5-2)14-8-9-15-11(13)10-14/h11H,4-10H2,1-3H3. The van der Waals surface area contributed by atoms with Crippen molar-refractivity contribution < 1.29 is 4.74 Å². The predicted octanol–water partition coefficient (Wildman–Crippen LogP) is 2.17. The molecule has 2 nitrogen and oxygen atoms in total. The Morgan fingerprint density at radius 1 is 1.33 bits per heavy atom. The number of morpholine rings is 1. The maximum atomic E-state index is 5.85. The van der Waals surface area contributed by atoms with E-state index in [1.165, 1.54) is 25.7 Å². The maximum absolute atomic E-state index is 5.85. The van der Waals surface area contributed by atoms with Gasteiger partial charge in [-0.3, -0.25) is 4.90 Å². The van der Waals surface area contributed by atoms with Crippen LogP contribution in [-0.4, -0.2) is 44.0 Å². The zero-order valence-electron chi connectivity index (χ0n) is 10.5. The van der Waals surface area contributed by atoms with Gasteiger partial charge in [0.15, 0.2) is 0 Å². The fraction of sp³-hybridized carbons (Fsp3) is 1.00. The molecule has 0 bridgehead atoms. The van der Waals surface area contributed by atoms with Gasteiger partial charge in [-0.1, -0.05) is 26.7 Å². The normalized spacial score (nSPS) is 24.3. The van der Waals surface area contributed by atoms with Crippen LogP contribution in [0.15, 0.2) is 0 Å². The summed E-state index contributed by atoms with van der Waals surface area (Å²) in [7, 11) is 5.85. The lowest BCUT2D eigenvalue weighted by molar-refractivity contribution is -0.0399. The van der Waals surface area contributed by atoms with E-state index in [4.69, 9.17) is 12.6 Å². The monoisotopic (exact) mass is 209 g/mol. The molecule has 0 N–H and O–H groups in total. The van der Waals surface area contributed by atoms with E-state index in [9.17, 15) is 0 Å². The number of nitrogens with zero attached hydrogens (tertiary/aromatic N) is 1. The Morgan fingerprint density at radius 2 is 1.93 bits per heavy atom. The third kappa shape index (κ3) is 3.49. The number of rotatable bonds is 5. The molecular weight excluding hydrogens is 185 g/mol. The maximum Gasteiger partial charge on any atom is 0.110 e. The largest absolute Gasteiger partial charge is 0.385 e.